The van der Waals surface area contributed by atoms with Gasteiger partial charge in [0.05, 0.1) is 56.2 Å². The molecule has 0 spiro atoms. The first kappa shape index (κ1) is 84.0. The highest BCUT2D eigenvalue weighted by Gasteiger charge is 2.47. The molecule has 1 aliphatic carbocycles. The van der Waals surface area contributed by atoms with Gasteiger partial charge < -0.3 is 84.5 Å². The summed E-state index contributed by atoms with van der Waals surface area (Å²) in [5.41, 5.74) is 1.17. The molecule has 1 fully saturated rings. The predicted octanol–water partition coefficient (Wildman–Crippen LogP) is 5.17. The number of nitrogens with one attached hydrogen (secondary N) is 6. The van der Waals surface area contributed by atoms with Crippen molar-refractivity contribution in [3.63, 3.8) is 0 Å². The highest BCUT2D eigenvalue weighted by Crippen LogP contribution is 2.67. The highest BCUT2D eigenvalue weighted by atomic mass is 33.1. The molecule has 1 aromatic heterocycles. The molecule has 3 aromatic rings. The van der Waals surface area contributed by atoms with Crippen LogP contribution in [-0.4, -0.2) is 185 Å². The normalized spacial score (nSPS) is 16.2. The number of hydrogen-bond acceptors (Lipinski definition) is 29. The van der Waals surface area contributed by atoms with E-state index in [0.29, 0.717) is 44.1 Å². The predicted molar refractivity (Wildman–Crippen MR) is 366 cm³/mol. The summed E-state index contributed by atoms with van der Waals surface area (Å²) in [6, 6.07) is 7.27. The number of ether oxygens (including phenoxy) is 6. The first-order chi connectivity index (χ1) is 47.4. The number of nitrogens with two attached hydrogens (primary N) is 1. The number of aromatic carboxylic acids is 1. The van der Waals surface area contributed by atoms with Crippen LogP contribution in [0, 0.1) is 17.3 Å². The number of phosphoric acid groups is 3. The number of carbonyl (C=O) groups is 4. The molecule has 3 heterocycles. The molecule has 101 heavy (non-hydrogen) atoms. The van der Waals surface area contributed by atoms with Crippen molar-refractivity contribution in [3.8, 4) is 34.3 Å². The van der Waals surface area contributed by atoms with Crippen LogP contribution in [0.4, 0.5) is 15.3 Å². The van der Waals surface area contributed by atoms with E-state index < -0.39 is 135 Å². The number of unbranched alkanes of at least 4 members (excludes halogenated alkanes) is 2. The minimum Gasteiger partial charge on any atom is -0.478 e. The summed E-state index contributed by atoms with van der Waals surface area (Å²) in [5, 5.41) is 27.9. The van der Waals surface area contributed by atoms with Crippen LogP contribution < -0.4 is 43.6 Å². The zero-order chi connectivity index (χ0) is 74.5. The Hall–Kier alpha value is -5.92. The largest absolute Gasteiger partial charge is 0.490 e. The number of rotatable bonds is 40. The van der Waals surface area contributed by atoms with Crippen LogP contribution >= 0.6 is 66.6 Å². The summed E-state index contributed by atoms with van der Waals surface area (Å²) in [7, 11) is -22.1. The average Bonchev–Trinajstić information content (AvgIpc) is 1.15. The van der Waals surface area contributed by atoms with E-state index in [4.69, 9.17) is 58.3 Å². The number of hydrogen-bond donors (Lipinski definition) is 14. The number of anilines is 1. The second-order valence-corrected chi connectivity index (χ2v) is 34.1. The summed E-state index contributed by atoms with van der Waals surface area (Å²) >= 11 is 0. The molecule has 47 heteroatoms. The van der Waals surface area contributed by atoms with Crippen LogP contribution in [0.1, 0.15) is 85.4 Å². The maximum absolute atomic E-state index is 13.4. The van der Waals surface area contributed by atoms with Gasteiger partial charge in [0.25, 0.3) is 31.7 Å². The third-order valence-electron chi connectivity index (χ3n) is 13.4. The summed E-state index contributed by atoms with van der Waals surface area (Å²) in [5.74, 6) is 3.13. The number of aromatic amines is 1. The van der Waals surface area contributed by atoms with Crippen molar-refractivity contribution in [2.45, 2.75) is 86.0 Å². The molecule has 2 aliphatic heterocycles. The van der Waals surface area contributed by atoms with Crippen LogP contribution in [0.15, 0.2) is 72.5 Å². The van der Waals surface area contributed by atoms with Gasteiger partial charge in [-0.05, 0) is 87.6 Å². The minimum atomic E-state index is -5.88. The number of alkyl carbamates (subject to hydrolysis) is 1. The van der Waals surface area contributed by atoms with Gasteiger partial charge in [0.1, 0.15) is 29.8 Å². The van der Waals surface area contributed by atoms with Gasteiger partial charge in [-0.25, -0.2) is 32.9 Å². The SMILES string of the molecule is CCSSCO[C@@H]1C[C@H](n2cc(C#CCNC(=O)NCCCCCOCSSC(C)(C)CCOC(=O)NCCOCCOCCNC(=O)c3ccc(C(=O)O)c(-c4c5ccc(=N)c(S(=O)(=O)O)c-5oc5c(S(=O)(=O)O)c(N)ccc45)c3)c(=O)[nH]c2=O)O[C@@H]1OP(=O)(O)OP(=O)(O)OP(=O)(O)O. The number of nitrogens with zero attached hydrogens (tertiary/aromatic N) is 1. The second kappa shape index (κ2) is 38.2. The molecule has 2 unspecified atom stereocenters. The Bertz CT molecular complexity index is 4400. The first-order valence-electron chi connectivity index (χ1n) is 29.5. The Morgan fingerprint density at radius 3 is 2.18 bits per heavy atom. The number of fused-ring (bicyclic) bond motifs is 2. The van der Waals surface area contributed by atoms with Crippen LogP contribution in [0.2, 0.25) is 0 Å². The number of carboxylic acids is 1. The summed E-state index contributed by atoms with van der Waals surface area (Å²) in [6.45, 7) is 6.97. The molecule has 0 saturated carbocycles. The van der Waals surface area contributed by atoms with Gasteiger partial charge in [0, 0.05) is 71.4 Å². The maximum atomic E-state index is 13.4. The fraction of sp³-hybridized carbons (Fsp3) is 0.463. The van der Waals surface area contributed by atoms with E-state index in [1.807, 2.05) is 20.8 Å². The molecule has 5 atom stereocenters. The van der Waals surface area contributed by atoms with Crippen molar-refractivity contribution in [3.05, 3.63) is 91.5 Å². The van der Waals surface area contributed by atoms with Crippen LogP contribution in [0.5, 0.6) is 0 Å². The highest BCUT2D eigenvalue weighted by molar-refractivity contribution is 8.77. The number of benzene rings is 3. The number of H-pyrrole nitrogens is 1. The molecule has 0 radical (unpaired) electrons. The number of urea groups is 1. The van der Waals surface area contributed by atoms with Gasteiger partial charge in [-0.2, -0.15) is 25.5 Å². The van der Waals surface area contributed by atoms with Crippen molar-refractivity contribution in [1.82, 2.24) is 30.8 Å². The van der Waals surface area contributed by atoms with Crippen LogP contribution in [0.3, 0.4) is 0 Å². The second-order valence-electron chi connectivity index (χ2n) is 21.4. The number of phosphoric ester groups is 1. The summed E-state index contributed by atoms with van der Waals surface area (Å²) in [6.07, 6.45) is -1.81. The Kier molecular flexibility index (Phi) is 31.8. The number of amides is 4. The molecular formula is C54H71N8O30P3S6. The Morgan fingerprint density at radius 2 is 1.50 bits per heavy atom. The van der Waals surface area contributed by atoms with Gasteiger partial charge in [-0.15, -0.1) is 0 Å². The number of carboxylic acid groups (broad SMARTS) is 1. The zero-order valence-corrected chi connectivity index (χ0v) is 61.0. The number of nitrogen functional groups attached to an aromatic ring is 1. The van der Waals surface area contributed by atoms with E-state index in [1.54, 1.807) is 10.8 Å². The Balaban J connectivity index is 0.806. The molecular weight excluding hydrogens is 1530 g/mol. The number of aromatic nitrogens is 2. The zero-order valence-electron chi connectivity index (χ0n) is 53.4. The van der Waals surface area contributed by atoms with E-state index in [1.165, 1.54) is 50.6 Å². The summed E-state index contributed by atoms with van der Waals surface area (Å²) in [4.78, 5) is 113. The average molecular weight is 1600 g/mol. The molecule has 3 aliphatic rings. The lowest BCUT2D eigenvalue weighted by Gasteiger charge is -2.22. The minimum absolute atomic E-state index is 0.000673. The lowest BCUT2D eigenvalue weighted by Crippen LogP contribution is -2.36. The fourth-order valence-corrected chi connectivity index (χ4v) is 17.2. The van der Waals surface area contributed by atoms with Gasteiger partial charge in [-0.1, -0.05) is 61.9 Å². The molecule has 4 amide bonds. The van der Waals surface area contributed by atoms with Crippen molar-refractivity contribution in [1.29, 1.82) is 5.41 Å². The van der Waals surface area contributed by atoms with Crippen molar-refractivity contribution >= 4 is 128 Å². The van der Waals surface area contributed by atoms with Gasteiger partial charge in [0.2, 0.25) is 0 Å². The van der Waals surface area contributed by atoms with Gasteiger partial charge in [-0.3, -0.25) is 38.2 Å². The maximum Gasteiger partial charge on any atom is 0.490 e. The molecule has 1 saturated heterocycles. The van der Waals surface area contributed by atoms with E-state index in [-0.39, 0.29) is 103 Å². The molecule has 0 bridgehead atoms. The number of carbonyl (C=O) groups excluding carboxylic acids is 3. The fourth-order valence-electron chi connectivity index (χ4n) is 9.03. The third kappa shape index (κ3) is 26.6. The van der Waals surface area contributed by atoms with E-state index in [0.717, 1.165) is 41.5 Å². The van der Waals surface area contributed by atoms with E-state index in [9.17, 15) is 83.3 Å². The quantitative estimate of drug-likeness (QED) is 0.00351. The molecule has 38 nitrogen and oxygen atoms in total. The van der Waals surface area contributed by atoms with Crippen LogP contribution in [-0.2, 0) is 75.5 Å². The topological polar surface area (TPSA) is 578 Å². The van der Waals surface area contributed by atoms with Crippen LogP contribution in [0.25, 0.3) is 33.4 Å². The Morgan fingerprint density at radius 1 is 0.802 bits per heavy atom. The van der Waals surface area contributed by atoms with Gasteiger partial charge in [0.15, 0.2) is 27.4 Å². The van der Waals surface area contributed by atoms with Crippen molar-refractivity contribution in [2.24, 2.45) is 0 Å². The lowest BCUT2D eigenvalue weighted by atomic mass is 9.89. The van der Waals surface area contributed by atoms with Crippen molar-refractivity contribution in [2.75, 3.05) is 89.2 Å². The molecule has 6 rings (SSSR count). The van der Waals surface area contributed by atoms with Crippen molar-refractivity contribution < 1.29 is 129 Å². The molecule has 2 aromatic carbocycles. The molecule has 558 valence electrons. The third-order valence-corrected chi connectivity index (χ3v) is 24.2. The summed E-state index contributed by atoms with van der Waals surface area (Å²) < 4.78 is 158. The van der Waals surface area contributed by atoms with Gasteiger partial charge >= 0.3 is 47.3 Å². The first-order valence-corrected chi connectivity index (χ1v) is 41.7. The lowest BCUT2D eigenvalue weighted by molar-refractivity contribution is -0.141. The standard InChI is InChI=1S/C54H71N8O30P3S6/c1-4-96-97-31-87-40-28-41(88-50(40)90-94(73,74)92-95(75,76)91-93(70,71)72)62-29-33(48(64)61-52(62)68)9-8-18-59-51(67)58-17-6-5-7-21-85-30-98-99-54(2,3)16-22-86-53(69)60-20-24-84-26-25-83-23-19-57-47(63)32-10-11-34(49(65)66)37(27-32)42-35-12-14-38(55)45(100(77,78)79)43(35)89-44-36(42)13-15-39(56)46(44)101(80,81)82/h10-15,27,29,40-41,50,55H,4-7,16-26,28,30-31,56H2,1-3H3,(H,57,63)(H,60,69)(H,65,66)(H,73,74)(H,75,76)(H2,58,59,67)(H,61,64,68)(H2,70,71,72)(H,77,78,79)(H,80,81,82)/t40-,41-,50-/m1/s1. The van der Waals surface area contributed by atoms with E-state index >= 15 is 0 Å². The monoisotopic (exact) mass is 1600 g/mol. The Labute approximate surface area is 590 Å². The molecule has 15 N–H and O–H groups in total. The smallest absolute Gasteiger partial charge is 0.478 e. The van der Waals surface area contributed by atoms with E-state index in [2.05, 4.69) is 46.7 Å².